The summed E-state index contributed by atoms with van der Waals surface area (Å²) in [5, 5.41) is 0. The van der Waals surface area contributed by atoms with Crippen molar-refractivity contribution in [3.8, 4) is 0 Å². The summed E-state index contributed by atoms with van der Waals surface area (Å²) in [4.78, 5) is 0. The lowest BCUT2D eigenvalue weighted by Crippen LogP contribution is -2.41. The number of benzene rings is 1. The molecule has 0 spiro atoms. The summed E-state index contributed by atoms with van der Waals surface area (Å²) in [6.07, 6.45) is 5.48. The van der Waals surface area contributed by atoms with Crippen LogP contribution in [0.4, 0.5) is 8.78 Å². The number of aryl methyl sites for hydroxylation is 1. The highest BCUT2D eigenvalue weighted by atomic mass is 19.3. The van der Waals surface area contributed by atoms with Gasteiger partial charge in [0, 0.05) is 5.57 Å². The first-order valence-corrected chi connectivity index (χ1v) is 8.80. The zero-order valence-corrected chi connectivity index (χ0v) is 13.2. The van der Waals surface area contributed by atoms with Gasteiger partial charge in [-0.15, -0.1) is 0 Å². The average molecular weight is 302 g/mol. The van der Waals surface area contributed by atoms with Crippen LogP contribution in [0.2, 0.25) is 0 Å². The van der Waals surface area contributed by atoms with E-state index in [-0.39, 0.29) is 5.41 Å². The largest absolute Gasteiger partial charge is 0.270 e. The monoisotopic (exact) mass is 302 g/mol. The van der Waals surface area contributed by atoms with Gasteiger partial charge in [-0.1, -0.05) is 31.2 Å². The Balaban J connectivity index is 1.74. The molecule has 4 rings (SSSR count). The molecule has 2 fully saturated rings. The van der Waals surface area contributed by atoms with E-state index in [1.54, 1.807) is 0 Å². The Bertz CT molecular complexity index is 614. The van der Waals surface area contributed by atoms with Crippen LogP contribution in [0.15, 0.2) is 35.9 Å². The Kier molecular flexibility index (Phi) is 3.39. The lowest BCUT2D eigenvalue weighted by atomic mass is 9.54. The van der Waals surface area contributed by atoms with Crippen LogP contribution in [0.1, 0.15) is 62.5 Å². The molecule has 0 unspecified atom stereocenters. The van der Waals surface area contributed by atoms with Crippen molar-refractivity contribution in [2.45, 2.75) is 57.8 Å². The van der Waals surface area contributed by atoms with Crippen LogP contribution < -0.4 is 0 Å². The number of hydrogen-bond donors (Lipinski definition) is 0. The van der Waals surface area contributed by atoms with Crippen LogP contribution in [-0.2, 0) is 6.42 Å². The molecule has 0 radical (unpaired) electrons. The van der Waals surface area contributed by atoms with E-state index in [1.807, 2.05) is 0 Å². The molecule has 22 heavy (non-hydrogen) atoms. The molecular formula is C20H24F2. The Morgan fingerprint density at radius 2 is 1.95 bits per heavy atom. The van der Waals surface area contributed by atoms with Gasteiger partial charge in [-0.3, -0.25) is 0 Å². The van der Waals surface area contributed by atoms with Crippen molar-refractivity contribution in [1.29, 1.82) is 0 Å². The van der Waals surface area contributed by atoms with Gasteiger partial charge >= 0.3 is 0 Å². The molecule has 0 aliphatic heterocycles. The molecule has 2 heteroatoms. The van der Waals surface area contributed by atoms with Gasteiger partial charge in [0.15, 0.2) is 0 Å². The second-order valence-electron chi connectivity index (χ2n) is 7.44. The van der Waals surface area contributed by atoms with Crippen molar-refractivity contribution >= 4 is 0 Å². The highest BCUT2D eigenvalue weighted by Crippen LogP contribution is 2.64. The van der Waals surface area contributed by atoms with Crippen molar-refractivity contribution in [3.05, 3.63) is 47.0 Å². The van der Waals surface area contributed by atoms with Crippen molar-refractivity contribution < 1.29 is 8.78 Å². The smallest absolute Gasteiger partial charge is 0.173 e. The second-order valence-corrected chi connectivity index (χ2v) is 7.44. The summed E-state index contributed by atoms with van der Waals surface area (Å²) in [7, 11) is 0. The normalized spacial score (nSPS) is 36.5. The van der Waals surface area contributed by atoms with Gasteiger partial charge in [0.1, 0.15) is 0 Å². The maximum absolute atomic E-state index is 13.5. The third-order valence-corrected chi connectivity index (χ3v) is 7.01. The summed E-state index contributed by atoms with van der Waals surface area (Å²) < 4.78 is 27.0. The van der Waals surface area contributed by atoms with Gasteiger partial charge < -0.3 is 0 Å². The molecule has 3 aliphatic rings. The third-order valence-electron chi connectivity index (χ3n) is 7.01. The minimum Gasteiger partial charge on any atom is -0.173 e. The number of hydrogen-bond acceptors (Lipinski definition) is 0. The van der Waals surface area contributed by atoms with Crippen LogP contribution in [0.5, 0.6) is 0 Å². The van der Waals surface area contributed by atoms with Gasteiger partial charge in [-0.25, -0.2) is 0 Å². The summed E-state index contributed by atoms with van der Waals surface area (Å²) in [5.74, 6) is 1.69. The molecule has 1 aromatic rings. The van der Waals surface area contributed by atoms with E-state index in [0.717, 1.165) is 32.1 Å². The second kappa shape index (κ2) is 5.18. The number of halogens is 2. The molecule has 3 aliphatic carbocycles. The minimum atomic E-state index is -1.38. The molecule has 2 saturated carbocycles. The number of allylic oxidation sites excluding steroid dienone is 1. The first kappa shape index (κ1) is 14.4. The Morgan fingerprint density at radius 3 is 2.73 bits per heavy atom. The minimum absolute atomic E-state index is 0.188. The lowest BCUT2D eigenvalue weighted by molar-refractivity contribution is 0.0610. The third kappa shape index (κ3) is 1.85. The first-order valence-electron chi connectivity index (χ1n) is 8.80. The Labute approximate surface area is 131 Å². The van der Waals surface area contributed by atoms with E-state index in [2.05, 4.69) is 31.2 Å². The van der Waals surface area contributed by atoms with Crippen LogP contribution in [-0.4, -0.2) is 0 Å². The van der Waals surface area contributed by atoms with E-state index in [0.29, 0.717) is 29.7 Å². The van der Waals surface area contributed by atoms with Crippen LogP contribution in [0.25, 0.3) is 0 Å². The quantitative estimate of drug-likeness (QED) is 0.589. The molecular weight excluding hydrogens is 278 g/mol. The van der Waals surface area contributed by atoms with Crippen molar-refractivity contribution in [1.82, 2.24) is 0 Å². The number of rotatable bonds is 1. The SMILES string of the molecule is CC[C@]12CC[C@@H]3c4ccccc4CC[C@H]3[C@@H]1CCC2=C(F)F. The maximum Gasteiger partial charge on any atom is 0.270 e. The molecule has 4 atom stereocenters. The zero-order valence-electron chi connectivity index (χ0n) is 13.2. The van der Waals surface area contributed by atoms with E-state index in [9.17, 15) is 8.78 Å². The van der Waals surface area contributed by atoms with Crippen molar-refractivity contribution in [2.24, 2.45) is 17.3 Å². The maximum atomic E-state index is 13.5. The fraction of sp³-hybridized carbons (Fsp3) is 0.600. The van der Waals surface area contributed by atoms with E-state index in [4.69, 9.17) is 0 Å². The van der Waals surface area contributed by atoms with E-state index in [1.165, 1.54) is 17.5 Å². The van der Waals surface area contributed by atoms with Gasteiger partial charge in [0.25, 0.3) is 6.08 Å². The Morgan fingerprint density at radius 1 is 1.14 bits per heavy atom. The summed E-state index contributed by atoms with van der Waals surface area (Å²) in [6.45, 7) is 2.12. The highest BCUT2D eigenvalue weighted by molar-refractivity contribution is 5.36. The van der Waals surface area contributed by atoms with Crippen molar-refractivity contribution in [3.63, 3.8) is 0 Å². The fourth-order valence-corrected chi connectivity index (χ4v) is 6.09. The van der Waals surface area contributed by atoms with Gasteiger partial charge in [-0.2, -0.15) is 8.78 Å². The number of fused-ring (bicyclic) bond motifs is 5. The molecule has 0 aromatic heterocycles. The molecule has 0 saturated heterocycles. The first-order chi connectivity index (χ1) is 10.7. The Hall–Kier alpha value is -1.18. The molecule has 118 valence electrons. The molecule has 0 bridgehead atoms. The molecule has 0 amide bonds. The average Bonchev–Trinajstić information content (AvgIpc) is 2.94. The van der Waals surface area contributed by atoms with Crippen molar-refractivity contribution in [2.75, 3.05) is 0 Å². The predicted molar refractivity (Wildman–Crippen MR) is 84.9 cm³/mol. The zero-order chi connectivity index (χ0) is 15.3. The topological polar surface area (TPSA) is 0 Å². The van der Waals surface area contributed by atoms with Gasteiger partial charge in [-0.05, 0) is 79.2 Å². The molecule has 0 nitrogen and oxygen atoms in total. The van der Waals surface area contributed by atoms with E-state index >= 15 is 0 Å². The molecule has 1 aromatic carbocycles. The molecule has 0 N–H and O–H groups in total. The van der Waals surface area contributed by atoms with Gasteiger partial charge in [0.05, 0.1) is 0 Å². The van der Waals surface area contributed by atoms with Gasteiger partial charge in [0.2, 0.25) is 0 Å². The summed E-state index contributed by atoms with van der Waals surface area (Å²) in [6, 6.07) is 8.82. The van der Waals surface area contributed by atoms with E-state index < -0.39 is 6.08 Å². The highest BCUT2D eigenvalue weighted by Gasteiger charge is 2.55. The molecule has 0 heterocycles. The summed E-state index contributed by atoms with van der Waals surface area (Å²) >= 11 is 0. The van der Waals surface area contributed by atoms with Crippen LogP contribution in [0, 0.1) is 17.3 Å². The van der Waals surface area contributed by atoms with Crippen LogP contribution >= 0.6 is 0 Å². The lowest BCUT2D eigenvalue weighted by Gasteiger charge is -2.50. The predicted octanol–water partition coefficient (Wildman–Crippen LogP) is 6.08. The summed E-state index contributed by atoms with van der Waals surface area (Å²) in [5.41, 5.74) is 3.34. The van der Waals surface area contributed by atoms with Crippen LogP contribution in [0.3, 0.4) is 0 Å². The fourth-order valence-electron chi connectivity index (χ4n) is 6.09. The standard InChI is InChI=1S/C20H24F2/c1-2-20-12-11-15-14-6-4-3-5-13(14)7-8-16(15)17(20)9-10-18(20)19(21)22/h3-6,15-17H,2,7-12H2,1H3/t15-,16-,17+,20+/m1/s1.